The Hall–Kier alpha value is -0.0800. The van der Waals surface area contributed by atoms with Gasteiger partial charge in [-0.2, -0.15) is 0 Å². The Morgan fingerprint density at radius 3 is 2.00 bits per heavy atom. The van der Waals surface area contributed by atoms with Crippen LogP contribution < -0.4 is 0 Å². The van der Waals surface area contributed by atoms with Crippen LogP contribution in [0.5, 0.6) is 0 Å². The summed E-state index contributed by atoms with van der Waals surface area (Å²) in [5.74, 6) is 1.30. The van der Waals surface area contributed by atoms with Crippen molar-refractivity contribution < 1.29 is 9.84 Å². The molecule has 6 atom stereocenters. The third-order valence-electron chi connectivity index (χ3n) is 4.15. The minimum atomic E-state index is -0.413. The Labute approximate surface area is 80.3 Å². The summed E-state index contributed by atoms with van der Waals surface area (Å²) in [6.45, 7) is 8.52. The molecule has 2 rings (SSSR count). The van der Waals surface area contributed by atoms with Gasteiger partial charge in [-0.25, -0.2) is 0 Å². The van der Waals surface area contributed by atoms with E-state index < -0.39 is 5.60 Å². The fourth-order valence-corrected chi connectivity index (χ4v) is 3.02. The fraction of sp³-hybridized carbons (Fsp3) is 1.00. The van der Waals surface area contributed by atoms with Crippen LogP contribution in [-0.2, 0) is 4.74 Å². The average Bonchev–Trinajstić information content (AvgIpc) is 2.49. The lowest BCUT2D eigenvalue weighted by atomic mass is 9.82. The Balaban J connectivity index is 2.15. The molecule has 2 heteroatoms. The zero-order valence-corrected chi connectivity index (χ0v) is 8.95. The van der Waals surface area contributed by atoms with E-state index in [9.17, 15) is 5.11 Å². The second-order valence-electron chi connectivity index (χ2n) is 5.03. The Kier molecular flexibility index (Phi) is 1.97. The van der Waals surface area contributed by atoms with Gasteiger partial charge in [0.2, 0.25) is 0 Å². The van der Waals surface area contributed by atoms with Gasteiger partial charge in [0.25, 0.3) is 0 Å². The van der Waals surface area contributed by atoms with E-state index in [1.165, 1.54) is 0 Å². The lowest BCUT2D eigenvalue weighted by Gasteiger charge is -2.25. The smallest absolute Gasteiger partial charge is 0.0734 e. The molecule has 1 aliphatic carbocycles. The maximum Gasteiger partial charge on any atom is 0.0734 e. The molecule has 2 nitrogen and oxygen atoms in total. The highest BCUT2D eigenvalue weighted by atomic mass is 16.5. The van der Waals surface area contributed by atoms with E-state index >= 15 is 0 Å². The average molecular weight is 184 g/mol. The van der Waals surface area contributed by atoms with Crippen molar-refractivity contribution in [1.82, 2.24) is 0 Å². The molecule has 1 N–H and O–H groups in total. The van der Waals surface area contributed by atoms with Gasteiger partial charge in [-0.05, 0) is 32.1 Å². The Morgan fingerprint density at radius 1 is 1.15 bits per heavy atom. The molecule has 0 aromatic carbocycles. The molecule has 76 valence electrons. The number of hydrogen-bond donors (Lipinski definition) is 1. The van der Waals surface area contributed by atoms with E-state index in [-0.39, 0.29) is 6.10 Å². The van der Waals surface area contributed by atoms with Crippen molar-refractivity contribution in [3.8, 4) is 0 Å². The van der Waals surface area contributed by atoms with Gasteiger partial charge in [-0.15, -0.1) is 0 Å². The predicted octanol–water partition coefficient (Wildman–Crippen LogP) is 1.82. The van der Waals surface area contributed by atoms with Gasteiger partial charge in [-0.3, -0.25) is 0 Å². The second kappa shape index (κ2) is 2.71. The highest BCUT2D eigenvalue weighted by Gasteiger charge is 2.61. The first kappa shape index (κ1) is 9.47. The maximum absolute atomic E-state index is 10.3. The topological polar surface area (TPSA) is 29.5 Å². The minimum Gasteiger partial charge on any atom is -0.389 e. The molecule has 0 spiro atoms. The van der Waals surface area contributed by atoms with E-state index in [4.69, 9.17) is 4.74 Å². The van der Waals surface area contributed by atoms with E-state index in [2.05, 4.69) is 27.7 Å². The van der Waals surface area contributed by atoms with Crippen LogP contribution in [0.1, 0.15) is 34.1 Å². The van der Waals surface area contributed by atoms with Crippen LogP contribution in [0.25, 0.3) is 0 Å². The van der Waals surface area contributed by atoms with Crippen LogP contribution >= 0.6 is 0 Å². The van der Waals surface area contributed by atoms with E-state index in [1.807, 2.05) is 0 Å². The van der Waals surface area contributed by atoms with Gasteiger partial charge < -0.3 is 9.84 Å². The molecule has 2 fully saturated rings. The summed E-state index contributed by atoms with van der Waals surface area (Å²) in [7, 11) is 0. The molecule has 1 saturated heterocycles. The normalized spacial score (nSPS) is 61.2. The van der Waals surface area contributed by atoms with Crippen molar-refractivity contribution in [2.45, 2.75) is 51.9 Å². The maximum atomic E-state index is 10.3. The largest absolute Gasteiger partial charge is 0.389 e. The van der Waals surface area contributed by atoms with E-state index in [0.717, 1.165) is 6.42 Å². The van der Waals surface area contributed by atoms with Gasteiger partial charge in [0.15, 0.2) is 0 Å². The number of rotatable bonds is 1. The molecular weight excluding hydrogens is 164 g/mol. The van der Waals surface area contributed by atoms with Crippen molar-refractivity contribution in [2.24, 2.45) is 17.8 Å². The minimum absolute atomic E-state index is 0.222. The van der Waals surface area contributed by atoms with Crippen molar-refractivity contribution >= 4 is 0 Å². The number of hydrogen-bond acceptors (Lipinski definition) is 2. The third-order valence-corrected chi connectivity index (χ3v) is 4.15. The molecule has 0 amide bonds. The van der Waals surface area contributed by atoms with Crippen molar-refractivity contribution in [2.75, 3.05) is 0 Å². The van der Waals surface area contributed by atoms with Crippen molar-refractivity contribution in [3.63, 3.8) is 0 Å². The highest BCUT2D eigenvalue weighted by molar-refractivity contribution is 5.10. The standard InChI is InChI=1S/C11H20O2/c1-6-5-11(6,12)10-7(2)8(3)13-9(10)4/h6-10,12H,5H2,1-4H3. The zero-order valence-electron chi connectivity index (χ0n) is 8.95. The van der Waals surface area contributed by atoms with Crippen molar-refractivity contribution in [1.29, 1.82) is 0 Å². The summed E-state index contributed by atoms with van der Waals surface area (Å²) < 4.78 is 5.74. The summed E-state index contributed by atoms with van der Waals surface area (Å²) in [5, 5.41) is 10.3. The molecule has 1 heterocycles. The molecule has 2 aliphatic rings. The molecule has 0 radical (unpaired) electrons. The summed E-state index contributed by atoms with van der Waals surface area (Å²) in [6, 6.07) is 0. The first-order chi connectivity index (χ1) is 5.97. The van der Waals surface area contributed by atoms with E-state index in [1.54, 1.807) is 0 Å². The number of ether oxygens (including phenoxy) is 1. The van der Waals surface area contributed by atoms with Crippen molar-refractivity contribution in [3.05, 3.63) is 0 Å². The van der Waals surface area contributed by atoms with Crippen LogP contribution in [0.3, 0.4) is 0 Å². The fourth-order valence-electron chi connectivity index (χ4n) is 3.02. The lowest BCUT2D eigenvalue weighted by molar-refractivity contribution is 0.00545. The number of aliphatic hydroxyl groups is 1. The first-order valence-corrected chi connectivity index (χ1v) is 5.34. The SMILES string of the molecule is CC1OC(C)C(C2(O)CC2C)C1C. The van der Waals surface area contributed by atoms with Crippen LogP contribution in [0.4, 0.5) is 0 Å². The quantitative estimate of drug-likeness (QED) is 0.673. The zero-order chi connectivity index (χ0) is 9.80. The van der Waals surface area contributed by atoms with Gasteiger partial charge in [0.1, 0.15) is 0 Å². The van der Waals surface area contributed by atoms with Gasteiger partial charge in [-0.1, -0.05) is 13.8 Å². The Bertz CT molecular complexity index is 216. The van der Waals surface area contributed by atoms with E-state index in [0.29, 0.717) is 23.9 Å². The molecule has 6 unspecified atom stereocenters. The monoisotopic (exact) mass is 184 g/mol. The highest BCUT2D eigenvalue weighted by Crippen LogP contribution is 2.55. The Morgan fingerprint density at radius 2 is 1.69 bits per heavy atom. The molecule has 13 heavy (non-hydrogen) atoms. The van der Waals surface area contributed by atoms with Crippen LogP contribution in [0.2, 0.25) is 0 Å². The van der Waals surface area contributed by atoms with Crippen LogP contribution in [0.15, 0.2) is 0 Å². The summed E-state index contributed by atoms with van der Waals surface area (Å²) in [5.41, 5.74) is -0.413. The third kappa shape index (κ3) is 1.23. The summed E-state index contributed by atoms with van der Waals surface area (Å²) >= 11 is 0. The summed E-state index contributed by atoms with van der Waals surface area (Å²) in [6.07, 6.45) is 1.49. The van der Waals surface area contributed by atoms with Gasteiger partial charge in [0.05, 0.1) is 17.8 Å². The van der Waals surface area contributed by atoms with Gasteiger partial charge in [0, 0.05) is 5.92 Å². The molecule has 0 aromatic rings. The lowest BCUT2D eigenvalue weighted by Crippen LogP contribution is -2.34. The first-order valence-electron chi connectivity index (χ1n) is 5.34. The molecular formula is C11H20O2. The molecule has 0 bridgehead atoms. The van der Waals surface area contributed by atoms with Crippen LogP contribution in [-0.4, -0.2) is 22.9 Å². The molecule has 1 saturated carbocycles. The van der Waals surface area contributed by atoms with Crippen LogP contribution in [0, 0.1) is 17.8 Å². The molecule has 1 aliphatic heterocycles. The predicted molar refractivity (Wildman–Crippen MR) is 51.4 cm³/mol. The molecule has 0 aromatic heterocycles. The summed E-state index contributed by atoms with van der Waals surface area (Å²) in [4.78, 5) is 0. The second-order valence-corrected chi connectivity index (χ2v) is 5.03. The van der Waals surface area contributed by atoms with Gasteiger partial charge >= 0.3 is 0 Å².